The minimum atomic E-state index is 0.193. The molecule has 1 aliphatic carbocycles. The third kappa shape index (κ3) is 3.57. The van der Waals surface area contributed by atoms with Gasteiger partial charge in [-0.1, -0.05) is 12.1 Å². The molecular formula is C13H18N2O. The molecule has 3 N–H and O–H groups in total. The second-order valence-electron chi connectivity index (χ2n) is 4.49. The highest BCUT2D eigenvalue weighted by atomic mass is 16.1. The summed E-state index contributed by atoms with van der Waals surface area (Å²) in [7, 11) is 0. The van der Waals surface area contributed by atoms with E-state index in [1.165, 1.54) is 18.4 Å². The summed E-state index contributed by atoms with van der Waals surface area (Å²) in [6, 6.07) is 7.79. The van der Waals surface area contributed by atoms with Crippen LogP contribution in [-0.2, 0) is 11.2 Å². The molecule has 1 fully saturated rings. The maximum Gasteiger partial charge on any atom is 0.220 e. The molecule has 0 aliphatic heterocycles. The molecule has 3 heteroatoms. The van der Waals surface area contributed by atoms with Crippen molar-refractivity contribution in [1.82, 2.24) is 5.32 Å². The fourth-order valence-corrected chi connectivity index (χ4v) is 1.69. The van der Waals surface area contributed by atoms with Gasteiger partial charge in [0.15, 0.2) is 0 Å². The second kappa shape index (κ2) is 5.01. The van der Waals surface area contributed by atoms with Crippen molar-refractivity contribution < 1.29 is 4.79 Å². The number of rotatable bonds is 5. The van der Waals surface area contributed by atoms with Crippen LogP contribution >= 0.6 is 0 Å². The monoisotopic (exact) mass is 218 g/mol. The van der Waals surface area contributed by atoms with Crippen molar-refractivity contribution in [2.24, 2.45) is 5.92 Å². The quantitative estimate of drug-likeness (QED) is 0.739. The third-order valence-corrected chi connectivity index (χ3v) is 2.89. The van der Waals surface area contributed by atoms with Crippen molar-refractivity contribution >= 4 is 11.6 Å². The topological polar surface area (TPSA) is 55.1 Å². The van der Waals surface area contributed by atoms with Crippen molar-refractivity contribution in [2.75, 3.05) is 12.3 Å². The van der Waals surface area contributed by atoms with E-state index >= 15 is 0 Å². The molecule has 1 aromatic rings. The first-order valence-corrected chi connectivity index (χ1v) is 5.85. The van der Waals surface area contributed by atoms with Crippen LogP contribution in [0.1, 0.15) is 24.8 Å². The van der Waals surface area contributed by atoms with Gasteiger partial charge in [-0.3, -0.25) is 4.79 Å². The van der Waals surface area contributed by atoms with Crippen molar-refractivity contribution in [2.45, 2.75) is 25.7 Å². The molecule has 0 aromatic heterocycles. The molecule has 0 spiro atoms. The molecule has 1 aliphatic rings. The summed E-state index contributed by atoms with van der Waals surface area (Å²) in [4.78, 5) is 11.4. The Hall–Kier alpha value is -1.51. The van der Waals surface area contributed by atoms with E-state index in [4.69, 9.17) is 5.73 Å². The molecule has 0 saturated heterocycles. The Balaban J connectivity index is 1.66. The van der Waals surface area contributed by atoms with Crippen LogP contribution in [0.2, 0.25) is 0 Å². The number of carbonyl (C=O) groups is 1. The Morgan fingerprint density at radius 3 is 2.62 bits per heavy atom. The number of amides is 1. The Labute approximate surface area is 96.0 Å². The molecule has 1 aromatic carbocycles. The average molecular weight is 218 g/mol. The molecule has 1 saturated carbocycles. The van der Waals surface area contributed by atoms with Crippen LogP contribution in [0.5, 0.6) is 0 Å². The zero-order valence-electron chi connectivity index (χ0n) is 9.41. The van der Waals surface area contributed by atoms with E-state index in [0.29, 0.717) is 12.3 Å². The molecule has 1 amide bonds. The summed E-state index contributed by atoms with van der Waals surface area (Å²) >= 11 is 0. The van der Waals surface area contributed by atoms with Crippen LogP contribution in [0.25, 0.3) is 0 Å². The Morgan fingerprint density at radius 2 is 2.00 bits per heavy atom. The summed E-state index contributed by atoms with van der Waals surface area (Å²) < 4.78 is 0. The molecule has 0 heterocycles. The number of nitrogen functional groups attached to an aromatic ring is 1. The van der Waals surface area contributed by atoms with Gasteiger partial charge in [0.25, 0.3) is 0 Å². The number of hydrogen-bond donors (Lipinski definition) is 2. The Bertz CT molecular complexity index is 355. The molecule has 0 radical (unpaired) electrons. The lowest BCUT2D eigenvalue weighted by Crippen LogP contribution is -2.25. The number of anilines is 1. The van der Waals surface area contributed by atoms with Gasteiger partial charge in [-0.15, -0.1) is 0 Å². The SMILES string of the molecule is Nc1ccc(CCNC(=O)CC2CC2)cc1. The summed E-state index contributed by atoms with van der Waals surface area (Å²) in [6.45, 7) is 0.718. The van der Waals surface area contributed by atoms with Crippen LogP contribution in [0.3, 0.4) is 0 Å². The summed E-state index contributed by atoms with van der Waals surface area (Å²) in [5.74, 6) is 0.856. The lowest BCUT2D eigenvalue weighted by atomic mass is 10.1. The van der Waals surface area contributed by atoms with Crippen LogP contribution < -0.4 is 11.1 Å². The Morgan fingerprint density at radius 1 is 1.31 bits per heavy atom. The van der Waals surface area contributed by atoms with E-state index < -0.39 is 0 Å². The van der Waals surface area contributed by atoms with E-state index in [9.17, 15) is 4.79 Å². The zero-order chi connectivity index (χ0) is 11.4. The third-order valence-electron chi connectivity index (χ3n) is 2.89. The fourth-order valence-electron chi connectivity index (χ4n) is 1.69. The zero-order valence-corrected chi connectivity index (χ0v) is 9.41. The lowest BCUT2D eigenvalue weighted by molar-refractivity contribution is -0.121. The summed E-state index contributed by atoms with van der Waals surface area (Å²) in [5.41, 5.74) is 7.58. The van der Waals surface area contributed by atoms with Gasteiger partial charge >= 0.3 is 0 Å². The van der Waals surface area contributed by atoms with Crippen LogP contribution in [-0.4, -0.2) is 12.5 Å². The number of nitrogens with two attached hydrogens (primary N) is 1. The van der Waals surface area contributed by atoms with E-state index in [-0.39, 0.29) is 5.91 Å². The van der Waals surface area contributed by atoms with Gasteiger partial charge in [-0.05, 0) is 42.9 Å². The molecule has 0 bridgehead atoms. The van der Waals surface area contributed by atoms with Gasteiger partial charge < -0.3 is 11.1 Å². The van der Waals surface area contributed by atoms with E-state index in [1.807, 2.05) is 24.3 Å². The first kappa shape index (κ1) is 11.0. The Kier molecular flexibility index (Phi) is 3.44. The summed E-state index contributed by atoms with van der Waals surface area (Å²) in [5, 5.41) is 2.95. The minimum absolute atomic E-state index is 0.193. The maximum atomic E-state index is 11.4. The van der Waals surface area contributed by atoms with Crippen LogP contribution in [0.4, 0.5) is 5.69 Å². The van der Waals surface area contributed by atoms with E-state index in [0.717, 1.165) is 18.7 Å². The van der Waals surface area contributed by atoms with Gasteiger partial charge in [0.2, 0.25) is 5.91 Å². The highest BCUT2D eigenvalue weighted by Crippen LogP contribution is 2.31. The molecule has 16 heavy (non-hydrogen) atoms. The van der Waals surface area contributed by atoms with Gasteiger partial charge in [-0.2, -0.15) is 0 Å². The van der Waals surface area contributed by atoms with Crippen molar-refractivity contribution in [3.63, 3.8) is 0 Å². The average Bonchev–Trinajstić information content (AvgIpc) is 3.05. The number of benzene rings is 1. The van der Waals surface area contributed by atoms with Gasteiger partial charge in [0.1, 0.15) is 0 Å². The van der Waals surface area contributed by atoms with Crippen LogP contribution in [0, 0.1) is 5.92 Å². The predicted molar refractivity (Wildman–Crippen MR) is 64.9 cm³/mol. The van der Waals surface area contributed by atoms with Gasteiger partial charge in [0, 0.05) is 18.7 Å². The second-order valence-corrected chi connectivity index (χ2v) is 4.49. The van der Waals surface area contributed by atoms with Crippen molar-refractivity contribution in [1.29, 1.82) is 0 Å². The fraction of sp³-hybridized carbons (Fsp3) is 0.462. The van der Waals surface area contributed by atoms with Gasteiger partial charge in [-0.25, -0.2) is 0 Å². The van der Waals surface area contributed by atoms with Gasteiger partial charge in [0.05, 0.1) is 0 Å². The highest BCUT2D eigenvalue weighted by Gasteiger charge is 2.23. The normalized spacial score (nSPS) is 14.8. The smallest absolute Gasteiger partial charge is 0.220 e. The molecule has 86 valence electrons. The first-order chi connectivity index (χ1) is 7.74. The molecule has 3 nitrogen and oxygen atoms in total. The maximum absolute atomic E-state index is 11.4. The number of hydrogen-bond acceptors (Lipinski definition) is 2. The molecule has 2 rings (SSSR count). The minimum Gasteiger partial charge on any atom is -0.399 e. The summed E-state index contributed by atoms with van der Waals surface area (Å²) in [6.07, 6.45) is 4.04. The molecule has 0 atom stereocenters. The van der Waals surface area contributed by atoms with Crippen molar-refractivity contribution in [3.8, 4) is 0 Å². The van der Waals surface area contributed by atoms with Crippen LogP contribution in [0.15, 0.2) is 24.3 Å². The number of nitrogens with one attached hydrogen (secondary N) is 1. The first-order valence-electron chi connectivity index (χ1n) is 5.85. The predicted octanol–water partition coefficient (Wildman–Crippen LogP) is 1.73. The van der Waals surface area contributed by atoms with E-state index in [2.05, 4.69) is 5.32 Å². The van der Waals surface area contributed by atoms with E-state index in [1.54, 1.807) is 0 Å². The highest BCUT2D eigenvalue weighted by molar-refractivity contribution is 5.76. The number of carbonyl (C=O) groups excluding carboxylic acids is 1. The molecule has 0 unspecified atom stereocenters. The largest absolute Gasteiger partial charge is 0.399 e. The lowest BCUT2D eigenvalue weighted by Gasteiger charge is -2.05. The standard InChI is InChI=1S/C13H18N2O/c14-12-5-3-10(4-6-12)7-8-15-13(16)9-11-1-2-11/h3-6,11H,1-2,7-9,14H2,(H,15,16). The van der Waals surface area contributed by atoms with Crippen molar-refractivity contribution in [3.05, 3.63) is 29.8 Å². The molecular weight excluding hydrogens is 200 g/mol.